The summed E-state index contributed by atoms with van der Waals surface area (Å²) in [7, 11) is 1.21. The minimum absolute atomic E-state index is 0.0192. The summed E-state index contributed by atoms with van der Waals surface area (Å²) in [6.07, 6.45) is 0.107. The van der Waals surface area contributed by atoms with Crippen LogP contribution < -0.4 is 5.69 Å². The van der Waals surface area contributed by atoms with Gasteiger partial charge in [-0.2, -0.15) is 0 Å². The van der Waals surface area contributed by atoms with E-state index in [0.717, 1.165) is 0 Å². The fourth-order valence-electron chi connectivity index (χ4n) is 1.66. The van der Waals surface area contributed by atoms with Crippen LogP contribution in [0.4, 0.5) is 4.39 Å². The molecule has 0 radical (unpaired) electrons. The Morgan fingerprint density at radius 1 is 1.33 bits per heavy atom. The van der Waals surface area contributed by atoms with Gasteiger partial charge in [0.15, 0.2) is 0 Å². The zero-order valence-electron chi connectivity index (χ0n) is 9.62. The van der Waals surface area contributed by atoms with Crippen LogP contribution in [0.25, 0.3) is 0 Å². The molecule has 2 rings (SSSR count). The Hall–Kier alpha value is -2.37. The van der Waals surface area contributed by atoms with Crippen LogP contribution in [0.2, 0.25) is 0 Å². The molecule has 0 spiro atoms. The molecule has 0 saturated carbocycles. The molecule has 0 unspecified atom stereocenters. The van der Waals surface area contributed by atoms with Gasteiger partial charge in [-0.1, -0.05) is 18.2 Å². The van der Waals surface area contributed by atoms with Gasteiger partial charge >= 0.3 is 11.7 Å². The molecule has 94 valence electrons. The molecule has 18 heavy (non-hydrogen) atoms. The first-order valence-corrected chi connectivity index (χ1v) is 5.24. The van der Waals surface area contributed by atoms with E-state index in [1.165, 1.54) is 13.2 Å². The quantitative estimate of drug-likeness (QED) is 0.804. The van der Waals surface area contributed by atoms with Gasteiger partial charge in [0.1, 0.15) is 11.5 Å². The van der Waals surface area contributed by atoms with Crippen LogP contribution in [0.1, 0.15) is 21.7 Å². The second-order valence-electron chi connectivity index (χ2n) is 3.69. The molecule has 1 aromatic carbocycles. The SMILES string of the molecule is COC(=O)c1[nH]c(=O)[nH]c1Cc1ccccc1F. The lowest BCUT2D eigenvalue weighted by Crippen LogP contribution is -2.07. The number of methoxy groups -OCH3 is 1. The molecule has 2 aromatic rings. The maximum Gasteiger partial charge on any atom is 0.356 e. The third kappa shape index (κ3) is 2.32. The highest BCUT2D eigenvalue weighted by Crippen LogP contribution is 2.13. The summed E-state index contributed by atoms with van der Waals surface area (Å²) in [6.45, 7) is 0. The smallest absolute Gasteiger partial charge is 0.356 e. The lowest BCUT2D eigenvalue weighted by molar-refractivity contribution is 0.0593. The van der Waals surface area contributed by atoms with Gasteiger partial charge in [-0.25, -0.2) is 14.0 Å². The van der Waals surface area contributed by atoms with Crippen molar-refractivity contribution in [2.24, 2.45) is 0 Å². The van der Waals surface area contributed by atoms with E-state index in [1.807, 2.05) is 0 Å². The number of nitrogens with one attached hydrogen (secondary N) is 2. The van der Waals surface area contributed by atoms with Gasteiger partial charge in [0.05, 0.1) is 12.8 Å². The number of rotatable bonds is 3. The summed E-state index contributed by atoms with van der Waals surface area (Å²) in [6, 6.07) is 6.15. The Bertz CT molecular complexity index is 630. The zero-order chi connectivity index (χ0) is 13.1. The summed E-state index contributed by atoms with van der Waals surface area (Å²) in [5.74, 6) is -1.06. The highest BCUT2D eigenvalue weighted by molar-refractivity contribution is 5.88. The van der Waals surface area contributed by atoms with E-state index in [1.54, 1.807) is 18.2 Å². The van der Waals surface area contributed by atoms with Gasteiger partial charge in [-0.3, -0.25) is 4.98 Å². The first-order chi connectivity index (χ1) is 8.61. The maximum absolute atomic E-state index is 13.5. The van der Waals surface area contributed by atoms with Crippen molar-refractivity contribution < 1.29 is 13.9 Å². The van der Waals surface area contributed by atoms with Crippen LogP contribution in [-0.2, 0) is 11.2 Å². The molecule has 0 fully saturated rings. The predicted molar refractivity (Wildman–Crippen MR) is 62.0 cm³/mol. The maximum atomic E-state index is 13.5. The van der Waals surface area contributed by atoms with Gasteiger partial charge in [-0.05, 0) is 11.6 Å². The van der Waals surface area contributed by atoms with E-state index in [0.29, 0.717) is 11.3 Å². The van der Waals surface area contributed by atoms with E-state index < -0.39 is 17.5 Å². The Labute approximate surface area is 102 Å². The van der Waals surface area contributed by atoms with Crippen LogP contribution in [0.5, 0.6) is 0 Å². The third-order valence-electron chi connectivity index (χ3n) is 2.52. The summed E-state index contributed by atoms with van der Waals surface area (Å²) >= 11 is 0. The Morgan fingerprint density at radius 3 is 2.72 bits per heavy atom. The molecule has 0 bridgehead atoms. The number of aromatic amines is 2. The van der Waals surface area contributed by atoms with E-state index in [2.05, 4.69) is 14.7 Å². The van der Waals surface area contributed by atoms with Crippen molar-refractivity contribution in [1.29, 1.82) is 0 Å². The highest BCUT2D eigenvalue weighted by atomic mass is 19.1. The number of esters is 1. The van der Waals surface area contributed by atoms with Crippen molar-refractivity contribution in [3.8, 4) is 0 Å². The average molecular weight is 250 g/mol. The number of halogens is 1. The third-order valence-corrected chi connectivity index (χ3v) is 2.52. The molecule has 0 aliphatic heterocycles. The summed E-state index contributed by atoms with van der Waals surface area (Å²) in [5, 5.41) is 0. The van der Waals surface area contributed by atoms with Gasteiger partial charge in [0.2, 0.25) is 0 Å². The van der Waals surface area contributed by atoms with Crippen LogP contribution in [0.3, 0.4) is 0 Å². The lowest BCUT2D eigenvalue weighted by atomic mass is 10.1. The van der Waals surface area contributed by atoms with E-state index in [9.17, 15) is 14.0 Å². The number of benzene rings is 1. The number of ether oxygens (including phenoxy) is 1. The van der Waals surface area contributed by atoms with Crippen LogP contribution in [0, 0.1) is 5.82 Å². The summed E-state index contributed by atoms with van der Waals surface area (Å²) in [5.41, 5.74) is 0.183. The van der Waals surface area contributed by atoms with Crippen molar-refractivity contribution in [2.45, 2.75) is 6.42 Å². The number of aromatic nitrogens is 2. The second-order valence-corrected chi connectivity index (χ2v) is 3.69. The van der Waals surface area contributed by atoms with Crippen molar-refractivity contribution in [3.05, 3.63) is 57.5 Å². The number of hydrogen-bond donors (Lipinski definition) is 2. The van der Waals surface area contributed by atoms with Crippen LogP contribution in [0.15, 0.2) is 29.1 Å². The Balaban J connectivity index is 2.38. The van der Waals surface area contributed by atoms with Gasteiger partial charge in [0.25, 0.3) is 0 Å². The standard InChI is InChI=1S/C12H11FN2O3/c1-18-11(16)10-9(14-12(17)15-10)6-7-4-2-3-5-8(7)13/h2-5H,6H2,1H3,(H2,14,15,17). The molecule has 0 aliphatic carbocycles. The normalized spacial score (nSPS) is 10.3. The fraction of sp³-hybridized carbons (Fsp3) is 0.167. The first kappa shape index (κ1) is 12.1. The molecule has 1 aromatic heterocycles. The van der Waals surface area contributed by atoms with Crippen LogP contribution >= 0.6 is 0 Å². The molecule has 0 aliphatic rings. The number of imidazole rings is 1. The van der Waals surface area contributed by atoms with Gasteiger partial charge < -0.3 is 9.72 Å². The molecule has 6 heteroatoms. The minimum Gasteiger partial charge on any atom is -0.464 e. The molecule has 0 atom stereocenters. The van der Waals surface area contributed by atoms with Gasteiger partial charge in [-0.15, -0.1) is 0 Å². The van der Waals surface area contributed by atoms with Crippen molar-refractivity contribution >= 4 is 5.97 Å². The fourth-order valence-corrected chi connectivity index (χ4v) is 1.66. The molecular weight excluding hydrogens is 239 g/mol. The van der Waals surface area contributed by atoms with Gasteiger partial charge in [0, 0.05) is 6.42 Å². The number of hydrogen-bond acceptors (Lipinski definition) is 3. The van der Waals surface area contributed by atoms with Crippen molar-refractivity contribution in [1.82, 2.24) is 9.97 Å². The topological polar surface area (TPSA) is 75.0 Å². The second kappa shape index (κ2) is 4.87. The Morgan fingerprint density at radius 2 is 2.06 bits per heavy atom. The van der Waals surface area contributed by atoms with E-state index in [-0.39, 0.29) is 12.1 Å². The number of H-pyrrole nitrogens is 2. The first-order valence-electron chi connectivity index (χ1n) is 5.24. The monoisotopic (exact) mass is 250 g/mol. The molecule has 5 nitrogen and oxygen atoms in total. The number of carbonyl (C=O) groups is 1. The molecule has 2 N–H and O–H groups in total. The molecule has 0 saturated heterocycles. The Kier molecular flexibility index (Phi) is 3.27. The molecular formula is C12H11FN2O3. The van der Waals surface area contributed by atoms with E-state index in [4.69, 9.17) is 0 Å². The predicted octanol–water partition coefficient (Wildman–Crippen LogP) is 1.22. The highest BCUT2D eigenvalue weighted by Gasteiger charge is 2.16. The average Bonchev–Trinajstić information content (AvgIpc) is 2.72. The summed E-state index contributed by atoms with van der Waals surface area (Å²) in [4.78, 5) is 27.4. The van der Waals surface area contributed by atoms with E-state index >= 15 is 0 Å². The van der Waals surface area contributed by atoms with Crippen molar-refractivity contribution in [2.75, 3.05) is 7.11 Å². The number of carbonyl (C=O) groups excluding carboxylic acids is 1. The zero-order valence-corrected chi connectivity index (χ0v) is 9.62. The minimum atomic E-state index is -0.667. The molecule has 1 heterocycles. The van der Waals surface area contributed by atoms with Crippen LogP contribution in [-0.4, -0.2) is 23.0 Å². The lowest BCUT2D eigenvalue weighted by Gasteiger charge is -2.03. The largest absolute Gasteiger partial charge is 0.464 e. The molecule has 0 amide bonds. The van der Waals surface area contributed by atoms with Crippen molar-refractivity contribution in [3.63, 3.8) is 0 Å². The summed E-state index contributed by atoms with van der Waals surface area (Å²) < 4.78 is 18.0.